The van der Waals surface area contributed by atoms with Crippen LogP contribution in [0.5, 0.6) is 0 Å². The average molecular weight is 329 g/mol. The lowest BCUT2D eigenvalue weighted by Gasteiger charge is -2.15. The molecule has 8 heteroatoms. The molecular weight excluding hydrogens is 310 g/mol. The fourth-order valence-corrected chi connectivity index (χ4v) is 3.29. The predicted molar refractivity (Wildman–Crippen MR) is 79.1 cm³/mol. The number of carbonyl (C=O) groups excluding carboxylic acids is 1. The Morgan fingerprint density at radius 1 is 1.32 bits per heavy atom. The van der Waals surface area contributed by atoms with Crippen molar-refractivity contribution in [3.63, 3.8) is 0 Å². The van der Waals surface area contributed by atoms with Gasteiger partial charge in [-0.1, -0.05) is 31.9 Å². The monoisotopic (exact) mass is 329 g/mol. The molecule has 0 amide bonds. The van der Waals surface area contributed by atoms with Gasteiger partial charge >= 0.3 is 11.9 Å². The van der Waals surface area contributed by atoms with Gasteiger partial charge in [-0.05, 0) is 18.6 Å². The molecule has 0 saturated heterocycles. The lowest BCUT2D eigenvalue weighted by atomic mass is 10.1. The van der Waals surface area contributed by atoms with Gasteiger partial charge in [-0.15, -0.1) is 0 Å². The molecule has 1 atom stereocenters. The molecule has 0 aliphatic heterocycles. The van der Waals surface area contributed by atoms with Crippen molar-refractivity contribution in [3.8, 4) is 0 Å². The fourth-order valence-electron chi connectivity index (χ4n) is 1.87. The highest BCUT2D eigenvalue weighted by atomic mass is 32.2. The highest BCUT2D eigenvalue weighted by Gasteiger charge is 2.28. The standard InChI is InChI=1S/C14H19NO6S/c1-3-4-8-11(13(16)17)15-22(19,20)12-9-6-5-7-10(12)14(18)21-2/h5-7,9,11,15H,3-4,8H2,1-2H3,(H,16,17). The first kappa shape index (κ1) is 18.1. The molecule has 7 nitrogen and oxygen atoms in total. The Morgan fingerprint density at radius 2 is 1.95 bits per heavy atom. The van der Waals surface area contributed by atoms with Crippen LogP contribution in [0.15, 0.2) is 29.2 Å². The summed E-state index contributed by atoms with van der Waals surface area (Å²) in [6, 6.07) is 4.24. The molecule has 0 bridgehead atoms. The van der Waals surface area contributed by atoms with Crippen LogP contribution in [-0.4, -0.2) is 38.6 Å². The van der Waals surface area contributed by atoms with E-state index in [1.165, 1.54) is 24.3 Å². The minimum atomic E-state index is -4.15. The highest BCUT2D eigenvalue weighted by molar-refractivity contribution is 7.89. The molecule has 1 unspecified atom stereocenters. The van der Waals surface area contributed by atoms with Crippen molar-refractivity contribution in [2.75, 3.05) is 7.11 Å². The summed E-state index contributed by atoms with van der Waals surface area (Å²) in [4.78, 5) is 22.5. The zero-order valence-corrected chi connectivity index (χ0v) is 13.2. The number of hydrogen-bond donors (Lipinski definition) is 2. The molecule has 0 aliphatic rings. The zero-order chi connectivity index (χ0) is 16.8. The molecular formula is C14H19NO6S. The molecule has 1 aromatic rings. The molecule has 22 heavy (non-hydrogen) atoms. The number of carboxylic acid groups (broad SMARTS) is 1. The molecule has 0 aromatic heterocycles. The molecule has 0 heterocycles. The van der Waals surface area contributed by atoms with Crippen LogP contribution in [0.3, 0.4) is 0 Å². The average Bonchev–Trinajstić information content (AvgIpc) is 2.50. The molecule has 0 saturated carbocycles. The first-order valence-electron chi connectivity index (χ1n) is 6.76. The predicted octanol–water partition coefficient (Wildman–Crippen LogP) is 1.39. The van der Waals surface area contributed by atoms with E-state index in [1.807, 2.05) is 6.92 Å². The van der Waals surface area contributed by atoms with Crippen LogP contribution in [0.2, 0.25) is 0 Å². The van der Waals surface area contributed by atoms with E-state index >= 15 is 0 Å². The Kier molecular flexibility index (Phi) is 6.51. The van der Waals surface area contributed by atoms with Gasteiger partial charge in [0, 0.05) is 0 Å². The third-order valence-electron chi connectivity index (χ3n) is 3.02. The normalized spacial score (nSPS) is 12.6. The molecule has 1 aromatic carbocycles. The van der Waals surface area contributed by atoms with Gasteiger partial charge in [-0.25, -0.2) is 13.2 Å². The van der Waals surface area contributed by atoms with E-state index in [4.69, 9.17) is 5.11 Å². The van der Waals surface area contributed by atoms with Crippen molar-refractivity contribution in [2.24, 2.45) is 0 Å². The Morgan fingerprint density at radius 3 is 2.50 bits per heavy atom. The number of methoxy groups -OCH3 is 1. The van der Waals surface area contributed by atoms with Crippen molar-refractivity contribution < 1.29 is 27.9 Å². The van der Waals surface area contributed by atoms with E-state index in [-0.39, 0.29) is 16.9 Å². The van der Waals surface area contributed by atoms with Crippen LogP contribution in [0.1, 0.15) is 36.5 Å². The Balaban J connectivity index is 3.13. The minimum absolute atomic E-state index is 0.142. The van der Waals surface area contributed by atoms with Gasteiger partial charge in [-0.3, -0.25) is 4.79 Å². The second-order valence-electron chi connectivity index (χ2n) is 4.64. The van der Waals surface area contributed by atoms with Crippen molar-refractivity contribution in [3.05, 3.63) is 29.8 Å². The number of esters is 1. The largest absolute Gasteiger partial charge is 0.480 e. The number of hydrogen-bond acceptors (Lipinski definition) is 5. The van der Waals surface area contributed by atoms with Crippen LogP contribution in [0.25, 0.3) is 0 Å². The summed E-state index contributed by atoms with van der Waals surface area (Å²) in [5.41, 5.74) is -0.142. The molecule has 2 N–H and O–H groups in total. The van der Waals surface area contributed by atoms with E-state index in [1.54, 1.807) is 0 Å². The van der Waals surface area contributed by atoms with Crippen LogP contribution in [0, 0.1) is 0 Å². The third kappa shape index (κ3) is 4.54. The number of benzene rings is 1. The number of sulfonamides is 1. The summed E-state index contributed by atoms with van der Waals surface area (Å²) in [6.07, 6.45) is 1.48. The summed E-state index contributed by atoms with van der Waals surface area (Å²) < 4.78 is 31.4. The van der Waals surface area contributed by atoms with Crippen LogP contribution < -0.4 is 4.72 Å². The number of nitrogens with one attached hydrogen (secondary N) is 1. The van der Waals surface area contributed by atoms with E-state index in [0.717, 1.165) is 13.5 Å². The van der Waals surface area contributed by atoms with Crippen molar-refractivity contribution in [1.29, 1.82) is 0 Å². The maximum atomic E-state index is 12.4. The first-order valence-corrected chi connectivity index (χ1v) is 8.24. The van der Waals surface area contributed by atoms with Crippen molar-refractivity contribution >= 4 is 22.0 Å². The number of rotatable bonds is 8. The SMILES string of the molecule is CCCCC(NS(=O)(=O)c1ccccc1C(=O)OC)C(=O)O. The summed E-state index contributed by atoms with van der Waals surface area (Å²) in [5.74, 6) is -2.06. The van der Waals surface area contributed by atoms with Crippen LogP contribution in [0.4, 0.5) is 0 Å². The van der Waals surface area contributed by atoms with Gasteiger partial charge in [0.05, 0.1) is 17.6 Å². The number of carboxylic acids is 1. The highest BCUT2D eigenvalue weighted by Crippen LogP contribution is 2.17. The third-order valence-corrected chi connectivity index (χ3v) is 4.55. The van der Waals surface area contributed by atoms with Gasteiger partial charge < -0.3 is 9.84 Å². The summed E-state index contributed by atoms with van der Waals surface area (Å²) in [7, 11) is -3.01. The van der Waals surface area contributed by atoms with Gasteiger partial charge in [0.1, 0.15) is 6.04 Å². The lowest BCUT2D eigenvalue weighted by Crippen LogP contribution is -2.41. The number of aliphatic carboxylic acids is 1. The maximum Gasteiger partial charge on any atom is 0.339 e. The maximum absolute atomic E-state index is 12.4. The Labute approximate surface area is 129 Å². The number of unbranched alkanes of at least 4 members (excludes halogenated alkanes) is 1. The second kappa shape index (κ2) is 7.90. The van der Waals surface area contributed by atoms with Crippen LogP contribution >= 0.6 is 0 Å². The van der Waals surface area contributed by atoms with Gasteiger partial charge in [-0.2, -0.15) is 4.72 Å². The first-order chi connectivity index (χ1) is 10.3. The quantitative estimate of drug-likeness (QED) is 0.698. The van der Waals surface area contributed by atoms with Crippen LogP contribution in [-0.2, 0) is 19.6 Å². The molecule has 0 aliphatic carbocycles. The molecule has 0 spiro atoms. The van der Waals surface area contributed by atoms with E-state index in [9.17, 15) is 18.0 Å². The second-order valence-corrected chi connectivity index (χ2v) is 6.32. The van der Waals surface area contributed by atoms with E-state index < -0.39 is 28.0 Å². The summed E-state index contributed by atoms with van der Waals surface area (Å²) in [6.45, 7) is 1.87. The Bertz CT molecular complexity index is 640. The molecule has 0 fully saturated rings. The van der Waals surface area contributed by atoms with Crippen molar-refractivity contribution in [1.82, 2.24) is 4.72 Å². The fraction of sp³-hybridized carbons (Fsp3) is 0.429. The molecule has 122 valence electrons. The smallest absolute Gasteiger partial charge is 0.339 e. The lowest BCUT2D eigenvalue weighted by molar-refractivity contribution is -0.139. The van der Waals surface area contributed by atoms with E-state index in [2.05, 4.69) is 9.46 Å². The zero-order valence-electron chi connectivity index (χ0n) is 12.4. The number of ether oxygens (including phenoxy) is 1. The summed E-state index contributed by atoms with van der Waals surface area (Å²) in [5, 5.41) is 9.12. The number of carbonyl (C=O) groups is 2. The van der Waals surface area contributed by atoms with Crippen molar-refractivity contribution in [2.45, 2.75) is 37.1 Å². The van der Waals surface area contributed by atoms with Gasteiger partial charge in [0.25, 0.3) is 0 Å². The molecule has 1 rings (SSSR count). The summed E-state index contributed by atoms with van der Waals surface area (Å²) >= 11 is 0. The Hall–Kier alpha value is -1.93. The molecule has 0 radical (unpaired) electrons. The van der Waals surface area contributed by atoms with Gasteiger partial charge in [0.2, 0.25) is 10.0 Å². The van der Waals surface area contributed by atoms with E-state index in [0.29, 0.717) is 6.42 Å². The topological polar surface area (TPSA) is 110 Å². The minimum Gasteiger partial charge on any atom is -0.480 e. The van der Waals surface area contributed by atoms with Gasteiger partial charge in [0.15, 0.2) is 0 Å².